The van der Waals surface area contributed by atoms with E-state index in [0.717, 1.165) is 0 Å². The predicted octanol–water partition coefficient (Wildman–Crippen LogP) is 1.78. The molecule has 3 unspecified atom stereocenters. The number of hydrogen-bond donors (Lipinski definition) is 0. The van der Waals surface area contributed by atoms with Crippen molar-refractivity contribution in [3.63, 3.8) is 0 Å². The largest absolute Gasteiger partial charge is 0.393 e. The van der Waals surface area contributed by atoms with Gasteiger partial charge in [-0.2, -0.15) is 0 Å². The summed E-state index contributed by atoms with van der Waals surface area (Å²) in [5.41, 5.74) is 0. The molecule has 1 fully saturated rings. The highest BCUT2D eigenvalue weighted by Gasteiger charge is 2.38. The van der Waals surface area contributed by atoms with Crippen molar-refractivity contribution >= 4 is 11.9 Å². The Morgan fingerprint density at radius 1 is 1.47 bits per heavy atom. The average molecular weight is 206 g/mol. The fourth-order valence-electron chi connectivity index (χ4n) is 1.65. The normalized spacial score (nSPS) is 24.5. The van der Waals surface area contributed by atoms with Crippen molar-refractivity contribution in [2.45, 2.75) is 12.8 Å². The number of hydrogen-bond acceptors (Lipinski definition) is 3. The van der Waals surface area contributed by atoms with Crippen molar-refractivity contribution in [1.82, 2.24) is 0 Å². The number of esters is 2. The van der Waals surface area contributed by atoms with Gasteiger partial charge in [-0.1, -0.05) is 12.2 Å². The van der Waals surface area contributed by atoms with Crippen LogP contribution < -0.4 is 0 Å². The van der Waals surface area contributed by atoms with Crippen LogP contribution in [0.25, 0.3) is 0 Å². The Labute approximate surface area is 89.8 Å². The first kappa shape index (κ1) is 11.7. The smallest absolute Gasteiger partial charge is 0.317 e. The van der Waals surface area contributed by atoms with Gasteiger partial charge in [0.05, 0.1) is 12.3 Å². The molecule has 0 spiro atoms. The highest BCUT2D eigenvalue weighted by molar-refractivity contribution is 5.94. The lowest BCUT2D eigenvalue weighted by Crippen LogP contribution is -2.19. The molecule has 1 saturated heterocycles. The molecule has 3 nitrogen and oxygen atoms in total. The van der Waals surface area contributed by atoms with E-state index in [4.69, 9.17) is 6.92 Å². The number of carbonyl (C=O) groups excluding carboxylic acids is 2. The molecule has 1 rings (SSSR count). The lowest BCUT2D eigenvalue weighted by atomic mass is 9.84. The van der Waals surface area contributed by atoms with Gasteiger partial charge in [-0.05, 0) is 25.2 Å². The van der Waals surface area contributed by atoms with Gasteiger partial charge in [0, 0.05) is 0 Å². The number of rotatable bonds is 5. The molecule has 0 saturated carbocycles. The molecule has 80 valence electrons. The minimum atomic E-state index is -0.471. The van der Waals surface area contributed by atoms with Crippen LogP contribution in [-0.4, -0.2) is 11.9 Å². The molecular weight excluding hydrogens is 192 g/mol. The van der Waals surface area contributed by atoms with E-state index in [1.807, 2.05) is 0 Å². The zero-order valence-electron chi connectivity index (χ0n) is 8.52. The Morgan fingerprint density at radius 3 is 2.53 bits per heavy atom. The quantitative estimate of drug-likeness (QED) is 0.391. The maximum Gasteiger partial charge on any atom is 0.317 e. The molecule has 2 radical (unpaired) electrons. The lowest BCUT2D eigenvalue weighted by Gasteiger charge is -2.18. The first-order valence-electron chi connectivity index (χ1n) is 4.83. The van der Waals surface area contributed by atoms with Gasteiger partial charge in [0.25, 0.3) is 0 Å². The Bertz CT molecular complexity index is 293. The van der Waals surface area contributed by atoms with Crippen molar-refractivity contribution in [2.24, 2.45) is 17.8 Å². The first-order chi connectivity index (χ1) is 7.08. The average Bonchev–Trinajstić information content (AvgIpc) is 2.54. The molecule has 0 aromatic rings. The van der Waals surface area contributed by atoms with Crippen molar-refractivity contribution in [3.8, 4) is 0 Å². The van der Waals surface area contributed by atoms with Crippen molar-refractivity contribution in [3.05, 3.63) is 32.2 Å². The molecule has 0 aromatic carbocycles. The molecule has 1 aliphatic heterocycles. The minimum Gasteiger partial charge on any atom is -0.393 e. The third kappa shape index (κ3) is 2.78. The van der Waals surface area contributed by atoms with E-state index in [1.165, 1.54) is 0 Å². The maximum atomic E-state index is 11.3. The number of cyclic esters (lactones) is 2. The maximum absolute atomic E-state index is 11.3. The second-order valence-corrected chi connectivity index (χ2v) is 3.64. The topological polar surface area (TPSA) is 43.4 Å². The van der Waals surface area contributed by atoms with E-state index in [-0.39, 0.29) is 18.3 Å². The number of allylic oxidation sites excluding steroid dienone is 2. The highest BCUT2D eigenvalue weighted by Crippen LogP contribution is 2.30. The molecule has 15 heavy (non-hydrogen) atoms. The summed E-state index contributed by atoms with van der Waals surface area (Å²) >= 11 is 0. The van der Waals surface area contributed by atoms with Crippen LogP contribution in [0.15, 0.2) is 25.3 Å². The highest BCUT2D eigenvalue weighted by atomic mass is 16.6. The van der Waals surface area contributed by atoms with Gasteiger partial charge in [0.1, 0.15) is 0 Å². The number of carbonyl (C=O) groups is 2. The molecule has 0 bridgehead atoms. The van der Waals surface area contributed by atoms with Gasteiger partial charge in [-0.15, -0.1) is 13.2 Å². The lowest BCUT2D eigenvalue weighted by molar-refractivity contribution is -0.153. The predicted molar refractivity (Wildman–Crippen MR) is 55.5 cm³/mol. The fraction of sp³-hybridized carbons (Fsp3) is 0.417. The van der Waals surface area contributed by atoms with Crippen LogP contribution in [0.4, 0.5) is 0 Å². The summed E-state index contributed by atoms with van der Waals surface area (Å²) in [7, 11) is 0. The van der Waals surface area contributed by atoms with Crippen LogP contribution >= 0.6 is 0 Å². The van der Waals surface area contributed by atoms with Crippen LogP contribution in [0, 0.1) is 24.7 Å². The van der Waals surface area contributed by atoms with E-state index >= 15 is 0 Å². The first-order valence-corrected chi connectivity index (χ1v) is 4.83. The van der Waals surface area contributed by atoms with Gasteiger partial charge >= 0.3 is 11.9 Å². The molecule has 0 N–H and O–H groups in total. The van der Waals surface area contributed by atoms with Gasteiger partial charge in [-0.25, -0.2) is 0 Å². The SMILES string of the molecule is [CH]C(C=C)CC(C=C)C1CC(=O)OC1=O. The van der Waals surface area contributed by atoms with Gasteiger partial charge in [-0.3, -0.25) is 9.59 Å². The van der Waals surface area contributed by atoms with Gasteiger partial charge in [0.2, 0.25) is 0 Å². The molecule has 3 atom stereocenters. The van der Waals surface area contributed by atoms with Crippen LogP contribution in [0.5, 0.6) is 0 Å². The molecular formula is C12H14O3. The Hall–Kier alpha value is -1.38. The summed E-state index contributed by atoms with van der Waals surface area (Å²) < 4.78 is 4.48. The Kier molecular flexibility index (Phi) is 3.83. The molecule has 0 aromatic heterocycles. The Morgan fingerprint density at radius 2 is 2.13 bits per heavy atom. The third-order valence-corrected chi connectivity index (χ3v) is 2.57. The summed E-state index contributed by atoms with van der Waals surface area (Å²) in [4.78, 5) is 22.2. The minimum absolute atomic E-state index is 0.124. The van der Waals surface area contributed by atoms with Crippen molar-refractivity contribution in [1.29, 1.82) is 0 Å². The summed E-state index contributed by atoms with van der Waals surface area (Å²) in [5.74, 6) is -1.69. The van der Waals surface area contributed by atoms with E-state index in [2.05, 4.69) is 17.9 Å². The Balaban J connectivity index is 2.66. The summed E-state index contributed by atoms with van der Waals surface area (Å²) in [6.45, 7) is 12.9. The molecule has 3 heteroatoms. The molecule has 1 heterocycles. The standard InChI is InChI=1S/C12H14O3/c1-4-8(3)6-9(5-2)10-7-11(13)15-12(10)14/h3-5,8-10H,1-2,6-7H2. The van der Waals surface area contributed by atoms with E-state index in [1.54, 1.807) is 12.2 Å². The fourth-order valence-corrected chi connectivity index (χ4v) is 1.65. The second-order valence-electron chi connectivity index (χ2n) is 3.64. The van der Waals surface area contributed by atoms with E-state index < -0.39 is 17.9 Å². The molecule has 0 amide bonds. The monoisotopic (exact) mass is 206 g/mol. The van der Waals surface area contributed by atoms with Crippen LogP contribution in [-0.2, 0) is 14.3 Å². The third-order valence-electron chi connectivity index (χ3n) is 2.57. The van der Waals surface area contributed by atoms with Crippen LogP contribution in [0.3, 0.4) is 0 Å². The van der Waals surface area contributed by atoms with Gasteiger partial charge in [0.15, 0.2) is 0 Å². The second kappa shape index (κ2) is 4.91. The van der Waals surface area contributed by atoms with Crippen molar-refractivity contribution in [2.75, 3.05) is 0 Å². The molecule has 0 aliphatic carbocycles. The summed E-state index contributed by atoms with van der Waals surface area (Å²) in [6.07, 6.45) is 3.94. The van der Waals surface area contributed by atoms with Gasteiger partial charge < -0.3 is 4.74 Å². The summed E-state index contributed by atoms with van der Waals surface area (Å²) in [6, 6.07) is 0. The van der Waals surface area contributed by atoms with E-state index in [9.17, 15) is 9.59 Å². The van der Waals surface area contributed by atoms with Crippen LogP contribution in [0.1, 0.15) is 12.8 Å². The number of ether oxygens (including phenoxy) is 1. The van der Waals surface area contributed by atoms with Crippen LogP contribution in [0.2, 0.25) is 0 Å². The zero-order chi connectivity index (χ0) is 11.4. The zero-order valence-corrected chi connectivity index (χ0v) is 8.52. The van der Waals surface area contributed by atoms with Crippen molar-refractivity contribution < 1.29 is 14.3 Å². The summed E-state index contributed by atoms with van der Waals surface area (Å²) in [5, 5.41) is 0. The van der Waals surface area contributed by atoms with E-state index in [0.29, 0.717) is 6.42 Å². The molecule has 1 aliphatic rings.